The van der Waals surface area contributed by atoms with Crippen LogP contribution in [0.2, 0.25) is 0 Å². The van der Waals surface area contributed by atoms with E-state index in [-0.39, 0.29) is 5.41 Å². The molecule has 0 spiro atoms. The molecule has 96 valence electrons. The Kier molecular flexibility index (Phi) is 5.51. The van der Waals surface area contributed by atoms with Crippen molar-refractivity contribution in [2.75, 3.05) is 0 Å². The van der Waals surface area contributed by atoms with E-state index in [1.165, 1.54) is 0 Å². The van der Waals surface area contributed by atoms with Crippen LogP contribution < -0.4 is 0 Å². The third-order valence-corrected chi connectivity index (χ3v) is 3.69. The molecule has 0 saturated carbocycles. The zero-order chi connectivity index (χ0) is 13.0. The molecule has 0 aliphatic carbocycles. The van der Waals surface area contributed by atoms with Crippen LogP contribution in [0.5, 0.6) is 0 Å². The highest BCUT2D eigenvalue weighted by Crippen LogP contribution is 2.40. The van der Waals surface area contributed by atoms with Gasteiger partial charge in [0.2, 0.25) is 0 Å². The van der Waals surface area contributed by atoms with E-state index in [9.17, 15) is 4.79 Å². The first-order chi connectivity index (χ1) is 7.08. The third kappa shape index (κ3) is 6.14. The average molecular weight is 228 g/mol. The van der Waals surface area contributed by atoms with Gasteiger partial charge in [0.1, 0.15) is 0 Å². The van der Waals surface area contributed by atoms with E-state index in [0.717, 1.165) is 19.3 Å². The van der Waals surface area contributed by atoms with Crippen molar-refractivity contribution in [2.45, 2.75) is 67.2 Å². The molecule has 0 fully saturated rings. The quantitative estimate of drug-likeness (QED) is 0.734. The molecule has 0 aromatic rings. The van der Waals surface area contributed by atoms with Gasteiger partial charge in [0.25, 0.3) is 0 Å². The molecule has 0 radical (unpaired) electrons. The monoisotopic (exact) mass is 228 g/mol. The molecule has 1 unspecified atom stereocenters. The largest absolute Gasteiger partial charge is 0.481 e. The van der Waals surface area contributed by atoms with Gasteiger partial charge in [-0.15, -0.1) is 0 Å². The maximum absolute atomic E-state index is 10.7. The number of carboxylic acids is 1. The van der Waals surface area contributed by atoms with Crippen LogP contribution in [0.3, 0.4) is 0 Å². The number of rotatable bonds is 6. The van der Waals surface area contributed by atoms with Gasteiger partial charge in [-0.1, -0.05) is 48.0 Å². The summed E-state index contributed by atoms with van der Waals surface area (Å²) < 4.78 is 0. The summed E-state index contributed by atoms with van der Waals surface area (Å²) >= 11 is 0. The summed E-state index contributed by atoms with van der Waals surface area (Å²) in [6, 6.07) is 0. The Balaban J connectivity index is 4.51. The molecule has 0 aliphatic heterocycles. The summed E-state index contributed by atoms with van der Waals surface area (Å²) in [4.78, 5) is 10.7. The van der Waals surface area contributed by atoms with Gasteiger partial charge in [0, 0.05) is 6.42 Å². The molecule has 0 heterocycles. The van der Waals surface area contributed by atoms with Crippen molar-refractivity contribution < 1.29 is 9.90 Å². The normalized spacial score (nSPS) is 14.9. The second-order valence-electron chi connectivity index (χ2n) is 6.72. The number of carbonyl (C=O) groups is 1. The average Bonchev–Trinajstić information content (AvgIpc) is 2.10. The Hall–Kier alpha value is -0.530. The van der Waals surface area contributed by atoms with E-state index in [0.29, 0.717) is 17.8 Å². The van der Waals surface area contributed by atoms with E-state index >= 15 is 0 Å². The highest BCUT2D eigenvalue weighted by atomic mass is 16.4. The molecule has 1 N–H and O–H groups in total. The van der Waals surface area contributed by atoms with E-state index in [1.807, 2.05) is 0 Å². The molecule has 0 aromatic heterocycles. The van der Waals surface area contributed by atoms with Crippen molar-refractivity contribution in [3.63, 3.8) is 0 Å². The fourth-order valence-electron chi connectivity index (χ4n) is 1.95. The van der Waals surface area contributed by atoms with Gasteiger partial charge in [-0.25, -0.2) is 0 Å². The van der Waals surface area contributed by atoms with Crippen LogP contribution >= 0.6 is 0 Å². The predicted octanol–water partition coefficient (Wildman–Crippen LogP) is 4.34. The second kappa shape index (κ2) is 5.70. The minimum Gasteiger partial charge on any atom is -0.481 e. The first kappa shape index (κ1) is 15.5. The van der Waals surface area contributed by atoms with Crippen molar-refractivity contribution in [1.82, 2.24) is 0 Å². The van der Waals surface area contributed by atoms with Gasteiger partial charge >= 0.3 is 5.97 Å². The molecule has 2 nitrogen and oxygen atoms in total. The molecule has 1 atom stereocenters. The Labute approximate surface area is 100 Å². The van der Waals surface area contributed by atoms with E-state index in [1.54, 1.807) is 0 Å². The molecule has 0 aliphatic rings. The lowest BCUT2D eigenvalue weighted by Gasteiger charge is -2.36. The molecular weight excluding hydrogens is 200 g/mol. The lowest BCUT2D eigenvalue weighted by atomic mass is 9.69. The fraction of sp³-hybridized carbons (Fsp3) is 0.929. The maximum Gasteiger partial charge on any atom is 0.303 e. The highest BCUT2D eigenvalue weighted by molar-refractivity contribution is 5.66. The van der Waals surface area contributed by atoms with Gasteiger partial charge < -0.3 is 5.11 Å². The number of carboxylic acid groups (broad SMARTS) is 1. The van der Waals surface area contributed by atoms with Gasteiger partial charge in [0.05, 0.1) is 0 Å². The standard InChI is InChI=1S/C14H28O2/c1-7-14(5,6)10-11(13(2,3)4)8-9-12(15)16/h11H,7-10H2,1-6H3,(H,15,16). The predicted molar refractivity (Wildman–Crippen MR) is 68.5 cm³/mol. The summed E-state index contributed by atoms with van der Waals surface area (Å²) in [6.45, 7) is 13.4. The van der Waals surface area contributed by atoms with Crippen LogP contribution in [-0.4, -0.2) is 11.1 Å². The van der Waals surface area contributed by atoms with Crippen LogP contribution in [0.25, 0.3) is 0 Å². The third-order valence-electron chi connectivity index (χ3n) is 3.69. The number of aliphatic carboxylic acids is 1. The Bertz CT molecular complexity index is 223. The molecule has 0 aromatic carbocycles. The zero-order valence-corrected chi connectivity index (χ0v) is 11.8. The molecular formula is C14H28O2. The molecule has 0 bridgehead atoms. The van der Waals surface area contributed by atoms with Crippen molar-refractivity contribution in [1.29, 1.82) is 0 Å². The van der Waals surface area contributed by atoms with Gasteiger partial charge in [-0.05, 0) is 29.6 Å². The summed E-state index contributed by atoms with van der Waals surface area (Å²) in [5.74, 6) is -0.192. The highest BCUT2D eigenvalue weighted by Gasteiger charge is 2.30. The smallest absolute Gasteiger partial charge is 0.303 e. The number of hydrogen-bond acceptors (Lipinski definition) is 1. The maximum atomic E-state index is 10.7. The molecule has 16 heavy (non-hydrogen) atoms. The first-order valence-corrected chi connectivity index (χ1v) is 6.30. The summed E-state index contributed by atoms with van der Waals surface area (Å²) in [6.07, 6.45) is 3.34. The first-order valence-electron chi connectivity index (χ1n) is 6.30. The molecule has 0 saturated heterocycles. The Morgan fingerprint density at radius 1 is 1.19 bits per heavy atom. The molecule has 0 rings (SSSR count). The Morgan fingerprint density at radius 3 is 2.00 bits per heavy atom. The van der Waals surface area contributed by atoms with Crippen LogP contribution in [0.4, 0.5) is 0 Å². The second-order valence-corrected chi connectivity index (χ2v) is 6.72. The lowest BCUT2D eigenvalue weighted by Crippen LogP contribution is -2.27. The van der Waals surface area contributed by atoms with Crippen LogP contribution in [0.15, 0.2) is 0 Å². The van der Waals surface area contributed by atoms with Gasteiger partial charge in [-0.3, -0.25) is 4.79 Å². The molecule has 2 heteroatoms. The van der Waals surface area contributed by atoms with Crippen LogP contribution in [-0.2, 0) is 4.79 Å². The van der Waals surface area contributed by atoms with Crippen LogP contribution in [0.1, 0.15) is 67.2 Å². The lowest BCUT2D eigenvalue weighted by molar-refractivity contribution is -0.137. The van der Waals surface area contributed by atoms with Crippen LogP contribution in [0, 0.1) is 16.7 Å². The van der Waals surface area contributed by atoms with Gasteiger partial charge in [0.15, 0.2) is 0 Å². The van der Waals surface area contributed by atoms with Gasteiger partial charge in [-0.2, -0.15) is 0 Å². The van der Waals surface area contributed by atoms with E-state index in [4.69, 9.17) is 5.11 Å². The number of hydrogen-bond donors (Lipinski definition) is 1. The Morgan fingerprint density at radius 2 is 1.69 bits per heavy atom. The minimum absolute atomic E-state index is 0.196. The van der Waals surface area contributed by atoms with Crippen molar-refractivity contribution in [2.24, 2.45) is 16.7 Å². The fourth-order valence-corrected chi connectivity index (χ4v) is 1.95. The summed E-state index contributed by atoms with van der Waals surface area (Å²) in [7, 11) is 0. The van der Waals surface area contributed by atoms with Crippen molar-refractivity contribution >= 4 is 5.97 Å². The minimum atomic E-state index is -0.677. The molecule has 0 amide bonds. The van der Waals surface area contributed by atoms with Crippen molar-refractivity contribution in [3.8, 4) is 0 Å². The summed E-state index contributed by atoms with van der Waals surface area (Å²) in [5, 5.41) is 8.78. The zero-order valence-electron chi connectivity index (χ0n) is 11.8. The van der Waals surface area contributed by atoms with E-state index in [2.05, 4.69) is 41.5 Å². The summed E-state index contributed by atoms with van der Waals surface area (Å²) in [5.41, 5.74) is 0.512. The topological polar surface area (TPSA) is 37.3 Å². The van der Waals surface area contributed by atoms with E-state index < -0.39 is 5.97 Å². The SMILES string of the molecule is CCC(C)(C)CC(CCC(=O)O)C(C)(C)C. The van der Waals surface area contributed by atoms with Crippen molar-refractivity contribution in [3.05, 3.63) is 0 Å².